The third kappa shape index (κ3) is 4.75. The van der Waals surface area contributed by atoms with Crippen molar-refractivity contribution < 1.29 is 22.8 Å². The largest absolute Gasteiger partial charge is 0.494 e. The fourth-order valence-electron chi connectivity index (χ4n) is 2.50. The van der Waals surface area contributed by atoms with Crippen molar-refractivity contribution in [3.05, 3.63) is 52.6 Å². The first-order valence-electron chi connectivity index (χ1n) is 8.52. The molecule has 2 aromatic carbocycles. The molecule has 27 heavy (non-hydrogen) atoms. The summed E-state index contributed by atoms with van der Waals surface area (Å²) in [7, 11) is -3.80. The fraction of sp³-hybridized carbons (Fsp3) is 0.333. The zero-order valence-corrected chi connectivity index (χ0v) is 16.2. The van der Waals surface area contributed by atoms with Gasteiger partial charge in [0.1, 0.15) is 11.5 Å². The van der Waals surface area contributed by atoms with E-state index in [1.165, 1.54) is 16.4 Å². The predicted octanol–water partition coefficient (Wildman–Crippen LogP) is 3.82. The minimum absolute atomic E-state index is 0.0392. The second-order valence-corrected chi connectivity index (χ2v) is 7.42. The summed E-state index contributed by atoms with van der Waals surface area (Å²) in [4.78, 5) is 10.6. The summed E-state index contributed by atoms with van der Waals surface area (Å²) >= 11 is 0. The summed E-state index contributed by atoms with van der Waals surface area (Å²) in [5.74, 6) is 0.989. The Morgan fingerprint density at radius 3 is 2.11 bits per heavy atom. The first-order valence-corrected chi connectivity index (χ1v) is 9.96. The van der Waals surface area contributed by atoms with Gasteiger partial charge in [0.2, 0.25) is 15.8 Å². The van der Waals surface area contributed by atoms with E-state index in [9.17, 15) is 18.5 Å². The molecule has 0 amide bonds. The first kappa shape index (κ1) is 20.7. The maximum atomic E-state index is 12.6. The zero-order valence-electron chi connectivity index (χ0n) is 15.4. The Hall–Kier alpha value is -2.65. The highest BCUT2D eigenvalue weighted by atomic mass is 32.2. The van der Waals surface area contributed by atoms with Gasteiger partial charge < -0.3 is 9.47 Å². The lowest BCUT2D eigenvalue weighted by atomic mass is 10.3. The second-order valence-electron chi connectivity index (χ2n) is 5.48. The van der Waals surface area contributed by atoms with Crippen molar-refractivity contribution >= 4 is 15.7 Å². The van der Waals surface area contributed by atoms with E-state index in [2.05, 4.69) is 0 Å². The Morgan fingerprint density at radius 2 is 1.59 bits per heavy atom. The Labute approximate surface area is 158 Å². The van der Waals surface area contributed by atoms with E-state index in [0.29, 0.717) is 18.1 Å². The number of nitro benzene ring substituents is 1. The maximum Gasteiger partial charge on any atom is 0.312 e. The predicted molar refractivity (Wildman–Crippen MR) is 101 cm³/mol. The van der Waals surface area contributed by atoms with Crippen molar-refractivity contribution in [1.29, 1.82) is 0 Å². The summed E-state index contributed by atoms with van der Waals surface area (Å²) in [5.41, 5.74) is -0.419. The van der Waals surface area contributed by atoms with Crippen LogP contribution in [0.2, 0.25) is 0 Å². The van der Waals surface area contributed by atoms with Crippen molar-refractivity contribution in [3.63, 3.8) is 0 Å². The minimum Gasteiger partial charge on any atom is -0.494 e. The van der Waals surface area contributed by atoms with Gasteiger partial charge in [0, 0.05) is 19.2 Å². The molecule has 0 aliphatic carbocycles. The van der Waals surface area contributed by atoms with E-state index >= 15 is 0 Å². The van der Waals surface area contributed by atoms with Crippen molar-refractivity contribution in [2.75, 3.05) is 19.7 Å². The molecule has 0 atom stereocenters. The third-order valence-electron chi connectivity index (χ3n) is 3.83. The molecule has 0 N–H and O–H groups in total. The summed E-state index contributed by atoms with van der Waals surface area (Å²) < 4.78 is 37.3. The molecule has 146 valence electrons. The first-order chi connectivity index (χ1) is 12.8. The highest BCUT2D eigenvalue weighted by molar-refractivity contribution is 7.89. The molecule has 0 heterocycles. The van der Waals surface area contributed by atoms with E-state index in [1.807, 2.05) is 6.92 Å². The summed E-state index contributed by atoms with van der Waals surface area (Å²) in [6.07, 6.45) is 0. The number of ether oxygens (including phenoxy) is 2. The molecule has 9 heteroatoms. The van der Waals surface area contributed by atoms with Crippen LogP contribution in [0.15, 0.2) is 47.4 Å². The molecule has 2 rings (SSSR count). The van der Waals surface area contributed by atoms with Crippen molar-refractivity contribution in [1.82, 2.24) is 4.31 Å². The van der Waals surface area contributed by atoms with Crippen molar-refractivity contribution in [2.24, 2.45) is 0 Å². The van der Waals surface area contributed by atoms with Crippen molar-refractivity contribution in [2.45, 2.75) is 25.7 Å². The monoisotopic (exact) mass is 394 g/mol. The minimum atomic E-state index is -3.80. The van der Waals surface area contributed by atoms with Gasteiger partial charge in [0.15, 0.2) is 0 Å². The van der Waals surface area contributed by atoms with Crippen LogP contribution < -0.4 is 9.47 Å². The number of hydrogen-bond acceptors (Lipinski definition) is 6. The van der Waals surface area contributed by atoms with Crippen LogP contribution in [0.1, 0.15) is 20.8 Å². The van der Waals surface area contributed by atoms with Gasteiger partial charge in [-0.3, -0.25) is 10.1 Å². The van der Waals surface area contributed by atoms with Gasteiger partial charge in [0.05, 0.1) is 16.4 Å². The van der Waals surface area contributed by atoms with Crippen LogP contribution in [-0.2, 0) is 10.0 Å². The van der Waals surface area contributed by atoms with Gasteiger partial charge in [-0.05, 0) is 43.3 Å². The molecule has 8 nitrogen and oxygen atoms in total. The number of benzene rings is 2. The van der Waals surface area contributed by atoms with Crippen LogP contribution in [0, 0.1) is 10.1 Å². The van der Waals surface area contributed by atoms with Crippen LogP contribution in [0.4, 0.5) is 5.69 Å². The highest BCUT2D eigenvalue weighted by Crippen LogP contribution is 2.34. The lowest BCUT2D eigenvalue weighted by Crippen LogP contribution is -2.30. The van der Waals surface area contributed by atoms with Crippen LogP contribution in [0.3, 0.4) is 0 Å². The molecular weight excluding hydrogens is 372 g/mol. The molecule has 0 aliphatic heterocycles. The van der Waals surface area contributed by atoms with Gasteiger partial charge in [-0.25, -0.2) is 8.42 Å². The molecule has 0 saturated carbocycles. The van der Waals surface area contributed by atoms with E-state index in [-0.39, 0.29) is 23.7 Å². The van der Waals surface area contributed by atoms with E-state index < -0.39 is 20.6 Å². The number of hydrogen-bond donors (Lipinski definition) is 0. The molecule has 0 spiro atoms. The van der Waals surface area contributed by atoms with Gasteiger partial charge in [-0.2, -0.15) is 4.31 Å². The number of rotatable bonds is 9. The quantitative estimate of drug-likeness (QED) is 0.474. The molecule has 0 aromatic heterocycles. The van der Waals surface area contributed by atoms with Crippen molar-refractivity contribution in [3.8, 4) is 17.2 Å². The van der Waals surface area contributed by atoms with Crippen LogP contribution in [-0.4, -0.2) is 37.3 Å². The Kier molecular flexibility index (Phi) is 6.75. The molecular formula is C18H22N2O6S. The van der Waals surface area contributed by atoms with E-state index in [4.69, 9.17) is 9.47 Å². The molecule has 0 fully saturated rings. The molecule has 0 bridgehead atoms. The van der Waals surface area contributed by atoms with Crippen LogP contribution in [0.5, 0.6) is 17.2 Å². The molecule has 0 aliphatic rings. The SMILES string of the molecule is CCOc1ccc(Oc2ccc(S(=O)(=O)N(CC)CC)cc2[N+](=O)[O-])cc1. The van der Waals surface area contributed by atoms with Gasteiger partial charge in [-0.1, -0.05) is 13.8 Å². The molecule has 0 radical (unpaired) electrons. The average Bonchev–Trinajstić information content (AvgIpc) is 2.64. The standard InChI is InChI=1S/C18H22N2O6S/c1-4-19(5-2)27(23,24)16-11-12-18(17(13-16)20(21)22)26-15-9-7-14(8-10-15)25-6-3/h7-13H,4-6H2,1-3H3. The highest BCUT2D eigenvalue weighted by Gasteiger charge is 2.26. The third-order valence-corrected chi connectivity index (χ3v) is 5.88. The van der Waals surface area contributed by atoms with E-state index in [1.54, 1.807) is 38.1 Å². The van der Waals surface area contributed by atoms with E-state index in [0.717, 1.165) is 6.07 Å². The Morgan fingerprint density at radius 1 is 1.00 bits per heavy atom. The summed E-state index contributed by atoms with van der Waals surface area (Å²) in [6.45, 7) is 6.35. The zero-order chi connectivity index (χ0) is 20.0. The number of nitrogens with zero attached hydrogens (tertiary/aromatic N) is 2. The molecule has 2 aromatic rings. The Balaban J connectivity index is 2.37. The fourth-order valence-corrected chi connectivity index (χ4v) is 3.98. The molecule has 0 unspecified atom stereocenters. The Bertz CT molecular complexity index is 893. The smallest absolute Gasteiger partial charge is 0.312 e. The number of sulfonamides is 1. The normalized spacial score (nSPS) is 11.4. The second kappa shape index (κ2) is 8.83. The van der Waals surface area contributed by atoms with Gasteiger partial charge >= 0.3 is 5.69 Å². The van der Waals surface area contributed by atoms with Gasteiger partial charge in [0.25, 0.3) is 0 Å². The van der Waals surface area contributed by atoms with Gasteiger partial charge in [-0.15, -0.1) is 0 Å². The van der Waals surface area contributed by atoms with Crippen LogP contribution in [0.25, 0.3) is 0 Å². The lowest BCUT2D eigenvalue weighted by molar-refractivity contribution is -0.385. The number of nitro groups is 1. The summed E-state index contributed by atoms with van der Waals surface area (Å²) in [5, 5.41) is 11.4. The van der Waals surface area contributed by atoms with Crippen LogP contribution >= 0.6 is 0 Å². The lowest BCUT2D eigenvalue weighted by Gasteiger charge is -2.18. The molecule has 0 saturated heterocycles. The maximum absolute atomic E-state index is 12.6. The topological polar surface area (TPSA) is 99.0 Å². The average molecular weight is 394 g/mol. The summed E-state index contributed by atoms with van der Waals surface area (Å²) in [6, 6.07) is 10.2.